The fourth-order valence-electron chi connectivity index (χ4n) is 2.11. The fraction of sp³-hybridized carbons (Fsp3) is 0.222. The Morgan fingerprint density at radius 1 is 1.04 bits per heavy atom. The molecule has 2 aromatic carbocycles. The number of carbonyl (C=O) groups excluding carboxylic acids is 2. The van der Waals surface area contributed by atoms with Gasteiger partial charge in [-0.1, -0.05) is 34.8 Å². The molecule has 0 aromatic heterocycles. The molecule has 0 bridgehead atoms. The first-order valence-electron chi connectivity index (χ1n) is 7.75. The molecule has 2 rings (SSSR count). The van der Waals surface area contributed by atoms with E-state index in [0.717, 1.165) is 0 Å². The van der Waals surface area contributed by atoms with Crippen LogP contribution in [0.3, 0.4) is 0 Å². The van der Waals surface area contributed by atoms with E-state index in [9.17, 15) is 9.59 Å². The Kier molecular flexibility index (Phi) is 7.59. The van der Waals surface area contributed by atoms with Gasteiger partial charge in [0.1, 0.15) is 11.5 Å². The SMILES string of the molecule is COc1ccc(Cl)cc1NC(=O)CN(C)C(=O)COc1ccc(Cl)cc1Cl. The fourth-order valence-corrected chi connectivity index (χ4v) is 2.75. The van der Waals surface area contributed by atoms with Crippen molar-refractivity contribution >= 4 is 52.3 Å². The van der Waals surface area contributed by atoms with Crippen LogP contribution in [-0.2, 0) is 9.59 Å². The molecule has 0 aliphatic rings. The Morgan fingerprint density at radius 3 is 2.30 bits per heavy atom. The average Bonchev–Trinajstić information content (AvgIpc) is 2.60. The van der Waals surface area contributed by atoms with Gasteiger partial charge < -0.3 is 19.7 Å². The predicted octanol–water partition coefficient (Wildman–Crippen LogP) is 4.13. The van der Waals surface area contributed by atoms with E-state index in [0.29, 0.717) is 32.3 Å². The maximum Gasteiger partial charge on any atom is 0.260 e. The van der Waals surface area contributed by atoms with E-state index in [-0.39, 0.29) is 13.2 Å². The summed E-state index contributed by atoms with van der Waals surface area (Å²) in [6.45, 7) is -0.447. The Morgan fingerprint density at radius 2 is 1.67 bits per heavy atom. The second kappa shape index (κ2) is 9.69. The molecule has 0 aliphatic carbocycles. The van der Waals surface area contributed by atoms with Gasteiger partial charge in [0.2, 0.25) is 5.91 Å². The lowest BCUT2D eigenvalue weighted by Crippen LogP contribution is -2.37. The number of amides is 2. The molecular weight excluding hydrogens is 415 g/mol. The summed E-state index contributed by atoms with van der Waals surface area (Å²) in [6.07, 6.45) is 0. The van der Waals surface area contributed by atoms with Crippen LogP contribution >= 0.6 is 34.8 Å². The smallest absolute Gasteiger partial charge is 0.260 e. The molecule has 0 spiro atoms. The number of halogens is 3. The molecule has 0 radical (unpaired) electrons. The summed E-state index contributed by atoms with van der Waals surface area (Å²) in [5.41, 5.74) is 0.417. The number of anilines is 1. The molecule has 0 saturated heterocycles. The van der Waals surface area contributed by atoms with Crippen molar-refractivity contribution in [2.45, 2.75) is 0 Å². The monoisotopic (exact) mass is 430 g/mol. The molecule has 144 valence electrons. The number of benzene rings is 2. The number of methoxy groups -OCH3 is 1. The van der Waals surface area contributed by atoms with Crippen molar-refractivity contribution in [2.24, 2.45) is 0 Å². The van der Waals surface area contributed by atoms with Crippen molar-refractivity contribution in [1.82, 2.24) is 4.90 Å². The molecular formula is C18H17Cl3N2O4. The molecule has 0 saturated carbocycles. The molecule has 2 amide bonds. The Bertz CT molecular complexity index is 845. The van der Waals surface area contributed by atoms with Crippen LogP contribution in [0.25, 0.3) is 0 Å². The van der Waals surface area contributed by atoms with Crippen LogP contribution in [-0.4, -0.2) is 44.0 Å². The number of ether oxygens (including phenoxy) is 2. The van der Waals surface area contributed by atoms with Crippen LogP contribution in [0, 0.1) is 0 Å². The van der Waals surface area contributed by atoms with Gasteiger partial charge in [-0.15, -0.1) is 0 Å². The number of nitrogens with zero attached hydrogens (tertiary/aromatic N) is 1. The molecule has 2 aromatic rings. The second-order valence-corrected chi connectivity index (χ2v) is 6.79. The van der Waals surface area contributed by atoms with Gasteiger partial charge >= 0.3 is 0 Å². The number of carbonyl (C=O) groups is 2. The van der Waals surface area contributed by atoms with Gasteiger partial charge in [0, 0.05) is 17.1 Å². The highest BCUT2D eigenvalue weighted by molar-refractivity contribution is 6.35. The predicted molar refractivity (Wildman–Crippen MR) is 106 cm³/mol. The Balaban J connectivity index is 1.90. The largest absolute Gasteiger partial charge is 0.495 e. The van der Waals surface area contributed by atoms with E-state index >= 15 is 0 Å². The van der Waals surface area contributed by atoms with Crippen molar-refractivity contribution in [1.29, 1.82) is 0 Å². The van der Waals surface area contributed by atoms with Gasteiger partial charge in [0.15, 0.2) is 6.61 Å². The molecule has 0 unspecified atom stereocenters. The van der Waals surface area contributed by atoms with E-state index in [4.69, 9.17) is 44.3 Å². The van der Waals surface area contributed by atoms with Crippen LogP contribution in [0.4, 0.5) is 5.69 Å². The summed E-state index contributed by atoms with van der Waals surface area (Å²) < 4.78 is 10.5. The van der Waals surface area contributed by atoms with Crippen molar-refractivity contribution < 1.29 is 19.1 Å². The lowest BCUT2D eigenvalue weighted by atomic mass is 10.3. The highest BCUT2D eigenvalue weighted by atomic mass is 35.5. The zero-order valence-corrected chi connectivity index (χ0v) is 16.9. The zero-order valence-electron chi connectivity index (χ0n) is 14.6. The van der Waals surface area contributed by atoms with Gasteiger partial charge in [0.25, 0.3) is 5.91 Å². The number of hydrogen-bond donors (Lipinski definition) is 1. The van der Waals surface area contributed by atoms with Gasteiger partial charge in [-0.05, 0) is 36.4 Å². The normalized spacial score (nSPS) is 10.3. The molecule has 0 fully saturated rings. The molecule has 0 aliphatic heterocycles. The summed E-state index contributed by atoms with van der Waals surface area (Å²) >= 11 is 17.7. The van der Waals surface area contributed by atoms with E-state index < -0.39 is 11.8 Å². The number of rotatable bonds is 7. The Hall–Kier alpha value is -2.15. The second-order valence-electron chi connectivity index (χ2n) is 5.51. The molecule has 0 atom stereocenters. The summed E-state index contributed by atoms with van der Waals surface area (Å²) in [5.74, 6) is -0.0106. The van der Waals surface area contributed by atoms with Gasteiger partial charge in [-0.2, -0.15) is 0 Å². The van der Waals surface area contributed by atoms with Crippen molar-refractivity contribution in [3.05, 3.63) is 51.5 Å². The zero-order chi connectivity index (χ0) is 20.0. The van der Waals surface area contributed by atoms with E-state index in [1.54, 1.807) is 30.3 Å². The average molecular weight is 432 g/mol. The highest BCUT2D eigenvalue weighted by Gasteiger charge is 2.16. The first-order chi connectivity index (χ1) is 12.8. The lowest BCUT2D eigenvalue weighted by molar-refractivity contribution is -0.135. The summed E-state index contributed by atoms with van der Waals surface area (Å²) in [6, 6.07) is 9.52. The number of likely N-dealkylation sites (N-methyl/N-ethyl adjacent to an activating group) is 1. The summed E-state index contributed by atoms with van der Waals surface area (Å²) in [7, 11) is 2.97. The molecule has 27 heavy (non-hydrogen) atoms. The van der Waals surface area contributed by atoms with Crippen molar-refractivity contribution in [2.75, 3.05) is 32.6 Å². The van der Waals surface area contributed by atoms with E-state index in [2.05, 4.69) is 5.32 Å². The molecule has 0 heterocycles. The first kappa shape index (κ1) is 21.2. The quantitative estimate of drug-likeness (QED) is 0.716. The van der Waals surface area contributed by atoms with Crippen molar-refractivity contribution in [3.63, 3.8) is 0 Å². The lowest BCUT2D eigenvalue weighted by Gasteiger charge is -2.18. The van der Waals surface area contributed by atoms with Crippen LogP contribution < -0.4 is 14.8 Å². The van der Waals surface area contributed by atoms with Crippen molar-refractivity contribution in [3.8, 4) is 11.5 Å². The minimum atomic E-state index is -0.407. The van der Waals surface area contributed by atoms with Gasteiger partial charge in [-0.25, -0.2) is 0 Å². The standard InChI is InChI=1S/C18H17Cl3N2O4/c1-23(18(25)10-27-15-5-3-11(19)7-13(15)21)9-17(24)22-14-8-12(20)4-6-16(14)26-2/h3-8H,9-10H2,1-2H3,(H,22,24). The third kappa shape index (κ3) is 6.20. The van der Waals surface area contributed by atoms with Gasteiger partial charge in [-0.3, -0.25) is 9.59 Å². The third-order valence-corrected chi connectivity index (χ3v) is 4.25. The van der Waals surface area contributed by atoms with Crippen LogP contribution in [0.1, 0.15) is 0 Å². The maximum absolute atomic E-state index is 12.2. The summed E-state index contributed by atoms with van der Waals surface area (Å²) in [4.78, 5) is 25.6. The minimum absolute atomic E-state index is 0.174. The Labute approximate surface area is 171 Å². The summed E-state index contributed by atoms with van der Waals surface area (Å²) in [5, 5.41) is 3.86. The first-order valence-corrected chi connectivity index (χ1v) is 8.88. The van der Waals surface area contributed by atoms with E-state index in [1.165, 1.54) is 25.1 Å². The number of nitrogens with one attached hydrogen (secondary N) is 1. The van der Waals surface area contributed by atoms with Crippen LogP contribution in [0.15, 0.2) is 36.4 Å². The van der Waals surface area contributed by atoms with E-state index in [1.807, 2.05) is 0 Å². The van der Waals surface area contributed by atoms with Crippen LogP contribution in [0.5, 0.6) is 11.5 Å². The minimum Gasteiger partial charge on any atom is -0.495 e. The molecule has 1 N–H and O–H groups in total. The highest BCUT2D eigenvalue weighted by Crippen LogP contribution is 2.28. The third-order valence-electron chi connectivity index (χ3n) is 3.49. The molecule has 6 nitrogen and oxygen atoms in total. The van der Waals surface area contributed by atoms with Gasteiger partial charge in [0.05, 0.1) is 24.4 Å². The van der Waals surface area contributed by atoms with Crippen LogP contribution in [0.2, 0.25) is 15.1 Å². The maximum atomic E-state index is 12.2. The number of hydrogen-bond acceptors (Lipinski definition) is 4. The molecule has 9 heteroatoms. The topological polar surface area (TPSA) is 67.9 Å².